The van der Waals surface area contributed by atoms with Gasteiger partial charge in [-0.2, -0.15) is 11.8 Å². The number of carbonyl (C=O) groups is 1. The number of nitrogens with one attached hydrogen (secondary N) is 2. The lowest BCUT2D eigenvalue weighted by Crippen LogP contribution is -2.38. The number of hydrogen-bond donors (Lipinski definition) is 3. The van der Waals surface area contributed by atoms with Gasteiger partial charge in [0.25, 0.3) is 5.91 Å². The van der Waals surface area contributed by atoms with Crippen LogP contribution >= 0.6 is 11.8 Å². The molecule has 5 nitrogen and oxygen atoms in total. The molecule has 1 aliphatic rings. The van der Waals surface area contributed by atoms with Crippen molar-refractivity contribution in [2.45, 2.75) is 43.9 Å². The molecule has 0 aromatic carbocycles. The lowest BCUT2D eigenvalue weighted by molar-refractivity contribution is 0.0928. The van der Waals surface area contributed by atoms with Crippen LogP contribution in [0.1, 0.15) is 41.7 Å². The van der Waals surface area contributed by atoms with Gasteiger partial charge in [0.05, 0.1) is 0 Å². The van der Waals surface area contributed by atoms with Crippen molar-refractivity contribution in [3.63, 3.8) is 0 Å². The first-order valence-corrected chi connectivity index (χ1v) is 8.20. The first-order valence-electron chi connectivity index (χ1n) is 6.91. The third-order valence-electron chi connectivity index (χ3n) is 3.71. The normalized spacial score (nSPS) is 22.4. The van der Waals surface area contributed by atoms with E-state index in [4.69, 9.17) is 5.84 Å². The zero-order chi connectivity index (χ0) is 14.5. The second-order valence-corrected chi connectivity index (χ2v) is 6.35. The highest BCUT2D eigenvalue weighted by Crippen LogP contribution is 2.27. The highest BCUT2D eigenvalue weighted by Gasteiger charge is 2.22. The topological polar surface area (TPSA) is 80.0 Å². The van der Waals surface area contributed by atoms with Gasteiger partial charge in [0, 0.05) is 22.5 Å². The minimum atomic E-state index is -0.0420. The van der Waals surface area contributed by atoms with E-state index in [0.717, 1.165) is 23.8 Å². The number of anilines is 1. The van der Waals surface area contributed by atoms with E-state index in [2.05, 4.69) is 22.0 Å². The van der Waals surface area contributed by atoms with E-state index in [0.29, 0.717) is 11.4 Å². The molecule has 1 fully saturated rings. The summed E-state index contributed by atoms with van der Waals surface area (Å²) in [7, 11) is 0. The van der Waals surface area contributed by atoms with Crippen LogP contribution in [0.15, 0.2) is 12.1 Å². The molecule has 0 radical (unpaired) electrons. The summed E-state index contributed by atoms with van der Waals surface area (Å²) in [5.41, 5.74) is 3.87. The Morgan fingerprint density at radius 1 is 1.35 bits per heavy atom. The van der Waals surface area contributed by atoms with Crippen LogP contribution in [0.5, 0.6) is 0 Å². The molecular weight excluding hydrogens is 272 g/mol. The van der Waals surface area contributed by atoms with Gasteiger partial charge in [-0.1, -0.05) is 0 Å². The van der Waals surface area contributed by atoms with E-state index in [-0.39, 0.29) is 11.9 Å². The van der Waals surface area contributed by atoms with Crippen molar-refractivity contribution < 1.29 is 4.79 Å². The van der Waals surface area contributed by atoms with Gasteiger partial charge in [0.2, 0.25) is 0 Å². The Bertz CT molecular complexity index is 472. The van der Waals surface area contributed by atoms with Gasteiger partial charge in [-0.3, -0.25) is 4.79 Å². The van der Waals surface area contributed by atoms with Gasteiger partial charge in [-0.15, -0.1) is 0 Å². The minimum Gasteiger partial charge on any atom is -0.349 e. The van der Waals surface area contributed by atoms with Gasteiger partial charge >= 0.3 is 0 Å². The number of nitrogen functional groups attached to an aromatic ring is 1. The van der Waals surface area contributed by atoms with Gasteiger partial charge in [0.15, 0.2) is 0 Å². The average Bonchev–Trinajstić information content (AvgIpc) is 2.47. The van der Waals surface area contributed by atoms with Gasteiger partial charge in [-0.25, -0.2) is 10.8 Å². The number of nitrogens with zero attached hydrogens (tertiary/aromatic N) is 1. The van der Waals surface area contributed by atoms with Crippen LogP contribution in [0, 0.1) is 6.92 Å². The molecule has 0 aliphatic heterocycles. The zero-order valence-corrected chi connectivity index (χ0v) is 12.8. The number of hydrazine groups is 1. The van der Waals surface area contributed by atoms with E-state index in [1.165, 1.54) is 12.8 Å². The van der Waals surface area contributed by atoms with Crippen LogP contribution in [0.2, 0.25) is 0 Å². The van der Waals surface area contributed by atoms with Crippen LogP contribution in [0.25, 0.3) is 0 Å². The van der Waals surface area contributed by atoms with Crippen molar-refractivity contribution in [1.29, 1.82) is 0 Å². The molecule has 1 amide bonds. The minimum absolute atomic E-state index is 0.0420. The highest BCUT2D eigenvalue weighted by molar-refractivity contribution is 7.99. The van der Waals surface area contributed by atoms with Crippen LogP contribution < -0.4 is 16.6 Å². The van der Waals surface area contributed by atoms with Gasteiger partial charge < -0.3 is 10.7 Å². The maximum atomic E-state index is 12.3. The van der Waals surface area contributed by atoms with E-state index in [1.807, 2.05) is 18.7 Å². The molecule has 1 aromatic heterocycles. The maximum Gasteiger partial charge on any atom is 0.251 e. The summed E-state index contributed by atoms with van der Waals surface area (Å²) in [5.74, 6) is 5.83. The summed E-state index contributed by atoms with van der Waals surface area (Å²) in [6.07, 6.45) is 6.63. The Labute approximate surface area is 124 Å². The first kappa shape index (κ1) is 15.1. The van der Waals surface area contributed by atoms with Crippen molar-refractivity contribution in [3.8, 4) is 0 Å². The predicted octanol–water partition coefficient (Wildman–Crippen LogP) is 2.08. The number of rotatable bonds is 4. The Morgan fingerprint density at radius 2 is 2.05 bits per heavy atom. The fourth-order valence-electron chi connectivity index (χ4n) is 2.59. The number of thioether (sulfide) groups is 1. The standard InChI is InChI=1S/C14H22N4OS/c1-9-7-10(8-13(16-9)18-15)14(19)17-11-3-5-12(20-2)6-4-11/h7-8,11-12H,3-6,15H2,1-2H3,(H,16,18)(H,17,19). The molecule has 110 valence electrons. The van der Waals surface area contributed by atoms with Gasteiger partial charge in [-0.05, 0) is 51.0 Å². The number of aromatic nitrogens is 1. The second-order valence-electron chi connectivity index (χ2n) is 5.21. The fourth-order valence-corrected chi connectivity index (χ4v) is 3.33. The van der Waals surface area contributed by atoms with Crippen molar-refractivity contribution in [2.24, 2.45) is 5.84 Å². The molecule has 1 saturated carbocycles. The molecule has 4 N–H and O–H groups in total. The summed E-state index contributed by atoms with van der Waals surface area (Å²) >= 11 is 1.93. The zero-order valence-electron chi connectivity index (χ0n) is 12.0. The van der Waals surface area contributed by atoms with E-state index in [1.54, 1.807) is 12.1 Å². The third kappa shape index (κ3) is 3.86. The maximum absolute atomic E-state index is 12.3. The number of amides is 1. The Kier molecular flexibility index (Phi) is 5.25. The molecule has 0 spiro atoms. The largest absolute Gasteiger partial charge is 0.349 e. The Hall–Kier alpha value is -1.27. The molecule has 2 rings (SSSR count). The number of pyridine rings is 1. The molecule has 0 unspecified atom stereocenters. The summed E-state index contributed by atoms with van der Waals surface area (Å²) in [6.45, 7) is 1.85. The van der Waals surface area contributed by atoms with Crippen LogP contribution in [-0.4, -0.2) is 28.4 Å². The molecular formula is C14H22N4OS. The SMILES string of the molecule is CSC1CCC(NC(=O)c2cc(C)nc(NN)c2)CC1. The van der Waals surface area contributed by atoms with Crippen LogP contribution in [0.4, 0.5) is 5.82 Å². The van der Waals surface area contributed by atoms with Crippen molar-refractivity contribution in [2.75, 3.05) is 11.7 Å². The summed E-state index contributed by atoms with van der Waals surface area (Å²) < 4.78 is 0. The average molecular weight is 294 g/mol. The molecule has 0 saturated heterocycles. The van der Waals surface area contributed by atoms with Crippen molar-refractivity contribution >= 4 is 23.5 Å². The van der Waals surface area contributed by atoms with Crippen molar-refractivity contribution in [1.82, 2.24) is 10.3 Å². The molecule has 20 heavy (non-hydrogen) atoms. The van der Waals surface area contributed by atoms with Crippen LogP contribution in [0.3, 0.4) is 0 Å². The van der Waals surface area contributed by atoms with E-state index >= 15 is 0 Å². The first-order chi connectivity index (χ1) is 9.62. The van der Waals surface area contributed by atoms with Gasteiger partial charge in [0.1, 0.15) is 5.82 Å². The number of hydrogen-bond acceptors (Lipinski definition) is 5. The molecule has 6 heteroatoms. The molecule has 1 aliphatic carbocycles. The van der Waals surface area contributed by atoms with E-state index in [9.17, 15) is 4.79 Å². The summed E-state index contributed by atoms with van der Waals surface area (Å²) in [6, 6.07) is 3.74. The lowest BCUT2D eigenvalue weighted by Gasteiger charge is -2.28. The monoisotopic (exact) mass is 294 g/mol. The lowest BCUT2D eigenvalue weighted by atomic mass is 9.94. The fraction of sp³-hybridized carbons (Fsp3) is 0.571. The van der Waals surface area contributed by atoms with Crippen LogP contribution in [-0.2, 0) is 0 Å². The quantitative estimate of drug-likeness (QED) is 0.585. The molecule has 1 aromatic rings. The highest BCUT2D eigenvalue weighted by atomic mass is 32.2. The number of carbonyl (C=O) groups excluding carboxylic acids is 1. The Balaban J connectivity index is 1.97. The third-order valence-corrected chi connectivity index (χ3v) is 4.84. The number of aryl methyl sites for hydroxylation is 1. The molecule has 0 bridgehead atoms. The predicted molar refractivity (Wildman–Crippen MR) is 83.8 cm³/mol. The second kappa shape index (κ2) is 6.95. The summed E-state index contributed by atoms with van der Waals surface area (Å²) in [5, 5.41) is 3.86. The number of nitrogens with two attached hydrogens (primary N) is 1. The van der Waals surface area contributed by atoms with E-state index < -0.39 is 0 Å². The van der Waals surface area contributed by atoms with Crippen molar-refractivity contribution in [3.05, 3.63) is 23.4 Å². The summed E-state index contributed by atoms with van der Waals surface area (Å²) in [4.78, 5) is 16.5. The smallest absolute Gasteiger partial charge is 0.251 e. The molecule has 1 heterocycles. The Morgan fingerprint density at radius 3 is 2.65 bits per heavy atom. The molecule has 0 atom stereocenters.